The highest BCUT2D eigenvalue weighted by atomic mass is 35.5. The van der Waals surface area contributed by atoms with Crippen LogP contribution in [0, 0.1) is 0 Å². The molecule has 0 aromatic heterocycles. The van der Waals surface area contributed by atoms with Gasteiger partial charge in [0.15, 0.2) is 0 Å². The summed E-state index contributed by atoms with van der Waals surface area (Å²) in [5, 5.41) is 1.10. The Balaban J connectivity index is 1.51. The van der Waals surface area contributed by atoms with Gasteiger partial charge in [-0.1, -0.05) is 47.5 Å². The van der Waals surface area contributed by atoms with E-state index in [1.165, 1.54) is 24.3 Å². The molecule has 3 aromatic rings. The maximum atomic E-state index is 13.4. The number of amides is 1. The van der Waals surface area contributed by atoms with Crippen molar-refractivity contribution in [2.24, 2.45) is 0 Å². The normalized spacial score (nSPS) is 14.2. The van der Waals surface area contributed by atoms with E-state index < -0.39 is 10.0 Å². The largest absolute Gasteiger partial charge is 0.368 e. The topological polar surface area (TPSA) is 60.9 Å². The number of piperazine rings is 1. The Morgan fingerprint density at radius 2 is 1.48 bits per heavy atom. The number of hydrogen-bond donors (Lipinski definition) is 0. The molecule has 6 nitrogen and oxygen atoms in total. The van der Waals surface area contributed by atoms with E-state index in [9.17, 15) is 13.2 Å². The van der Waals surface area contributed by atoms with Crippen LogP contribution in [0.15, 0.2) is 83.8 Å². The molecule has 0 unspecified atom stereocenters. The Hall–Kier alpha value is -2.74. The molecule has 1 aliphatic rings. The molecule has 1 heterocycles. The lowest BCUT2D eigenvalue weighted by atomic mass is 10.2. The molecule has 9 heteroatoms. The Bertz CT molecular complexity index is 1210. The fourth-order valence-electron chi connectivity index (χ4n) is 3.75. The number of benzene rings is 3. The van der Waals surface area contributed by atoms with E-state index in [2.05, 4.69) is 4.90 Å². The molecular weight excluding hydrogens is 481 g/mol. The van der Waals surface area contributed by atoms with Crippen LogP contribution in [-0.2, 0) is 14.8 Å². The summed E-state index contributed by atoms with van der Waals surface area (Å²) in [7, 11) is -3.96. The quantitative estimate of drug-likeness (QED) is 0.495. The summed E-state index contributed by atoms with van der Waals surface area (Å²) < 4.78 is 28.0. The molecule has 1 saturated heterocycles. The highest BCUT2D eigenvalue weighted by Crippen LogP contribution is 2.25. The van der Waals surface area contributed by atoms with E-state index >= 15 is 0 Å². The standard InChI is InChI=1S/C24H23Cl2N3O3S/c25-19-9-11-23(12-10-19)33(31,32)29(21-6-2-1-3-7-21)18-24(30)28-15-13-27(14-16-28)22-8-4-5-20(26)17-22/h1-12,17H,13-16,18H2. The zero-order valence-electron chi connectivity index (χ0n) is 17.8. The average Bonchev–Trinajstić information content (AvgIpc) is 2.83. The number of carbonyl (C=O) groups is 1. The number of sulfonamides is 1. The molecule has 0 N–H and O–H groups in total. The lowest BCUT2D eigenvalue weighted by Gasteiger charge is -2.37. The van der Waals surface area contributed by atoms with E-state index in [0.29, 0.717) is 41.9 Å². The van der Waals surface area contributed by atoms with Crippen LogP contribution in [0.1, 0.15) is 0 Å². The van der Waals surface area contributed by atoms with Gasteiger partial charge in [0.05, 0.1) is 10.6 Å². The molecule has 33 heavy (non-hydrogen) atoms. The summed E-state index contributed by atoms with van der Waals surface area (Å²) >= 11 is 12.0. The molecule has 4 rings (SSSR count). The molecule has 0 radical (unpaired) electrons. The predicted molar refractivity (Wildman–Crippen MR) is 133 cm³/mol. The first-order valence-corrected chi connectivity index (χ1v) is 12.7. The van der Waals surface area contributed by atoms with Gasteiger partial charge >= 0.3 is 0 Å². The lowest BCUT2D eigenvalue weighted by Crippen LogP contribution is -2.52. The third kappa shape index (κ3) is 5.43. The number of para-hydroxylation sites is 1. The first-order chi connectivity index (χ1) is 15.8. The summed E-state index contributed by atoms with van der Waals surface area (Å²) in [6.45, 7) is 1.98. The third-order valence-corrected chi connectivity index (χ3v) is 7.81. The van der Waals surface area contributed by atoms with Crippen molar-refractivity contribution in [3.8, 4) is 0 Å². The van der Waals surface area contributed by atoms with Gasteiger partial charge in [-0.05, 0) is 54.6 Å². The van der Waals surface area contributed by atoms with Crippen molar-refractivity contribution < 1.29 is 13.2 Å². The second kappa shape index (κ2) is 10.0. The van der Waals surface area contributed by atoms with Gasteiger partial charge < -0.3 is 9.80 Å². The van der Waals surface area contributed by atoms with Crippen LogP contribution in [0.5, 0.6) is 0 Å². The smallest absolute Gasteiger partial charge is 0.264 e. The minimum atomic E-state index is -3.96. The summed E-state index contributed by atoms with van der Waals surface area (Å²) in [4.78, 5) is 17.1. The van der Waals surface area contributed by atoms with Gasteiger partial charge in [0.1, 0.15) is 6.54 Å². The molecule has 1 amide bonds. The van der Waals surface area contributed by atoms with Crippen LogP contribution in [0.4, 0.5) is 11.4 Å². The highest BCUT2D eigenvalue weighted by Gasteiger charge is 2.30. The second-order valence-corrected chi connectivity index (χ2v) is 10.4. The van der Waals surface area contributed by atoms with Crippen molar-refractivity contribution in [1.29, 1.82) is 0 Å². The van der Waals surface area contributed by atoms with E-state index in [1.54, 1.807) is 35.2 Å². The van der Waals surface area contributed by atoms with Crippen LogP contribution in [0.2, 0.25) is 10.0 Å². The summed E-state index contributed by atoms with van der Waals surface area (Å²) in [6.07, 6.45) is 0. The summed E-state index contributed by atoms with van der Waals surface area (Å²) in [6, 6.07) is 22.2. The first-order valence-electron chi connectivity index (χ1n) is 10.5. The molecule has 0 atom stereocenters. The van der Waals surface area contributed by atoms with Crippen molar-refractivity contribution in [2.45, 2.75) is 4.90 Å². The zero-order valence-corrected chi connectivity index (χ0v) is 20.1. The van der Waals surface area contributed by atoms with Crippen molar-refractivity contribution in [1.82, 2.24) is 4.90 Å². The maximum Gasteiger partial charge on any atom is 0.264 e. The van der Waals surface area contributed by atoms with Gasteiger partial charge in [-0.2, -0.15) is 0 Å². The van der Waals surface area contributed by atoms with E-state index in [4.69, 9.17) is 23.2 Å². The van der Waals surface area contributed by atoms with Crippen molar-refractivity contribution in [3.63, 3.8) is 0 Å². The number of carbonyl (C=O) groups excluding carboxylic acids is 1. The fourth-order valence-corrected chi connectivity index (χ4v) is 5.48. The summed E-state index contributed by atoms with van der Waals surface area (Å²) in [5.41, 5.74) is 1.43. The average molecular weight is 504 g/mol. The molecule has 172 valence electrons. The van der Waals surface area contributed by atoms with Crippen LogP contribution < -0.4 is 9.21 Å². The Morgan fingerprint density at radius 3 is 2.12 bits per heavy atom. The lowest BCUT2D eigenvalue weighted by molar-refractivity contribution is -0.129. The Morgan fingerprint density at radius 1 is 0.818 bits per heavy atom. The highest BCUT2D eigenvalue weighted by molar-refractivity contribution is 7.92. The maximum absolute atomic E-state index is 13.4. The van der Waals surface area contributed by atoms with Crippen LogP contribution >= 0.6 is 23.2 Å². The molecule has 0 spiro atoms. The summed E-state index contributed by atoms with van der Waals surface area (Å²) in [5.74, 6) is -0.248. The zero-order chi connectivity index (χ0) is 23.4. The van der Waals surface area contributed by atoms with Crippen molar-refractivity contribution in [3.05, 3.63) is 88.9 Å². The minimum absolute atomic E-state index is 0.0781. The van der Waals surface area contributed by atoms with Crippen LogP contribution in [0.25, 0.3) is 0 Å². The van der Waals surface area contributed by atoms with Gasteiger partial charge in [-0.3, -0.25) is 9.10 Å². The van der Waals surface area contributed by atoms with Gasteiger partial charge in [0, 0.05) is 41.9 Å². The molecule has 1 fully saturated rings. The predicted octanol–water partition coefficient (Wildman–Crippen LogP) is 4.54. The van der Waals surface area contributed by atoms with Crippen molar-refractivity contribution in [2.75, 3.05) is 41.9 Å². The number of hydrogen-bond acceptors (Lipinski definition) is 4. The third-order valence-electron chi connectivity index (χ3n) is 5.53. The van der Waals surface area contributed by atoms with Gasteiger partial charge in [0.2, 0.25) is 5.91 Å². The first kappa shape index (κ1) is 23.4. The van der Waals surface area contributed by atoms with E-state index in [0.717, 1.165) is 9.99 Å². The van der Waals surface area contributed by atoms with Gasteiger partial charge in [-0.15, -0.1) is 0 Å². The molecule has 0 bridgehead atoms. The molecule has 1 aliphatic heterocycles. The number of nitrogens with zero attached hydrogens (tertiary/aromatic N) is 3. The number of halogens is 2. The number of anilines is 2. The van der Waals surface area contributed by atoms with E-state index in [-0.39, 0.29) is 17.3 Å². The van der Waals surface area contributed by atoms with Crippen molar-refractivity contribution >= 4 is 50.5 Å². The second-order valence-electron chi connectivity index (χ2n) is 7.65. The van der Waals surface area contributed by atoms with E-state index in [1.807, 2.05) is 24.3 Å². The molecule has 0 aliphatic carbocycles. The Kier molecular flexibility index (Phi) is 7.12. The van der Waals surface area contributed by atoms with Gasteiger partial charge in [0.25, 0.3) is 10.0 Å². The van der Waals surface area contributed by atoms with Gasteiger partial charge in [-0.25, -0.2) is 8.42 Å². The molecule has 0 saturated carbocycles. The number of rotatable bonds is 6. The molecule has 3 aromatic carbocycles. The minimum Gasteiger partial charge on any atom is -0.368 e. The Labute approximate surface area is 204 Å². The SMILES string of the molecule is O=C(CN(c1ccccc1)S(=O)(=O)c1ccc(Cl)cc1)N1CCN(c2cccc(Cl)c2)CC1. The molecular formula is C24H23Cl2N3O3S. The van der Waals surface area contributed by atoms with Crippen LogP contribution in [0.3, 0.4) is 0 Å². The monoisotopic (exact) mass is 503 g/mol. The fraction of sp³-hybridized carbons (Fsp3) is 0.208. The van der Waals surface area contributed by atoms with Crippen LogP contribution in [-0.4, -0.2) is 51.9 Å².